The van der Waals surface area contributed by atoms with Crippen LogP contribution in [0, 0.1) is 12.8 Å². The Morgan fingerprint density at radius 2 is 1.93 bits per heavy atom. The Bertz CT molecular complexity index is 285. The summed E-state index contributed by atoms with van der Waals surface area (Å²) in [6.07, 6.45) is 5.32. The average molecular weight is 189 g/mol. The molecule has 2 rings (SSSR count). The predicted octanol–water partition coefficient (Wildman–Crippen LogP) is 3.19. The molecule has 0 spiro atoms. The van der Waals surface area contributed by atoms with Crippen molar-refractivity contribution in [2.75, 3.05) is 0 Å². The number of hydrogen-bond acceptors (Lipinski definition) is 1. The minimum absolute atomic E-state index is 0.246. The molecule has 0 aromatic heterocycles. The van der Waals surface area contributed by atoms with Crippen molar-refractivity contribution in [2.45, 2.75) is 38.6 Å². The Morgan fingerprint density at radius 3 is 2.50 bits per heavy atom. The highest BCUT2D eigenvalue weighted by atomic mass is 14.6. The van der Waals surface area contributed by atoms with Crippen LogP contribution in [-0.2, 0) is 0 Å². The maximum atomic E-state index is 6.12. The molecular weight excluding hydrogens is 170 g/mol. The largest absolute Gasteiger partial charge is 0.324 e. The second-order valence-corrected chi connectivity index (χ2v) is 4.54. The Labute approximate surface area is 86.3 Å². The van der Waals surface area contributed by atoms with Gasteiger partial charge < -0.3 is 5.73 Å². The highest BCUT2D eigenvalue weighted by molar-refractivity contribution is 5.23. The van der Waals surface area contributed by atoms with Gasteiger partial charge in [0.2, 0.25) is 0 Å². The van der Waals surface area contributed by atoms with Gasteiger partial charge in [-0.1, -0.05) is 42.7 Å². The summed E-state index contributed by atoms with van der Waals surface area (Å²) in [7, 11) is 0. The van der Waals surface area contributed by atoms with E-state index in [1.807, 2.05) is 0 Å². The van der Waals surface area contributed by atoms with E-state index < -0.39 is 0 Å². The van der Waals surface area contributed by atoms with Gasteiger partial charge in [-0.2, -0.15) is 0 Å². The zero-order valence-corrected chi connectivity index (χ0v) is 8.87. The van der Waals surface area contributed by atoms with Crippen molar-refractivity contribution in [3.05, 3.63) is 35.4 Å². The molecule has 1 heteroatoms. The van der Waals surface area contributed by atoms with Crippen LogP contribution in [0.3, 0.4) is 0 Å². The molecule has 1 aromatic rings. The van der Waals surface area contributed by atoms with Gasteiger partial charge in [0.25, 0.3) is 0 Å². The van der Waals surface area contributed by atoms with Gasteiger partial charge in [-0.15, -0.1) is 0 Å². The van der Waals surface area contributed by atoms with E-state index in [0.29, 0.717) is 0 Å². The van der Waals surface area contributed by atoms with E-state index in [1.165, 1.54) is 30.4 Å². The lowest BCUT2D eigenvalue weighted by atomic mass is 10.0. The molecule has 0 saturated heterocycles. The molecule has 0 heterocycles. The molecule has 1 aliphatic rings. The van der Waals surface area contributed by atoms with Gasteiger partial charge >= 0.3 is 0 Å². The molecule has 76 valence electrons. The summed E-state index contributed by atoms with van der Waals surface area (Å²) in [5, 5.41) is 0. The third-order valence-corrected chi connectivity index (χ3v) is 3.09. The number of hydrogen-bond donors (Lipinski definition) is 1. The third kappa shape index (κ3) is 2.58. The molecule has 2 N–H and O–H groups in total. The predicted molar refractivity (Wildman–Crippen MR) is 60.1 cm³/mol. The van der Waals surface area contributed by atoms with Gasteiger partial charge in [0.05, 0.1) is 0 Å². The van der Waals surface area contributed by atoms with Crippen molar-refractivity contribution >= 4 is 0 Å². The van der Waals surface area contributed by atoms with Crippen LogP contribution in [0.1, 0.15) is 42.9 Å². The Kier molecular flexibility index (Phi) is 2.87. The second kappa shape index (κ2) is 4.14. The molecule has 0 radical (unpaired) electrons. The first-order valence-corrected chi connectivity index (χ1v) is 5.58. The molecule has 1 aromatic carbocycles. The van der Waals surface area contributed by atoms with Gasteiger partial charge in [0.1, 0.15) is 0 Å². The summed E-state index contributed by atoms with van der Waals surface area (Å²) in [6.45, 7) is 2.11. The van der Waals surface area contributed by atoms with E-state index >= 15 is 0 Å². The molecule has 1 unspecified atom stereocenters. The number of aryl methyl sites for hydroxylation is 1. The van der Waals surface area contributed by atoms with Gasteiger partial charge in [0, 0.05) is 6.04 Å². The normalized spacial score (nSPS) is 18.1. The zero-order chi connectivity index (χ0) is 9.97. The van der Waals surface area contributed by atoms with Gasteiger partial charge in [-0.3, -0.25) is 0 Å². The monoisotopic (exact) mass is 189 g/mol. The van der Waals surface area contributed by atoms with Crippen molar-refractivity contribution in [2.24, 2.45) is 11.7 Å². The van der Waals surface area contributed by atoms with Crippen molar-refractivity contribution in [1.82, 2.24) is 0 Å². The van der Waals surface area contributed by atoms with Crippen molar-refractivity contribution in [1.29, 1.82) is 0 Å². The smallest absolute Gasteiger partial charge is 0.0294 e. The Morgan fingerprint density at radius 1 is 1.29 bits per heavy atom. The number of benzene rings is 1. The molecule has 1 atom stereocenters. The molecular formula is C13H19N. The molecule has 1 fully saturated rings. The maximum Gasteiger partial charge on any atom is 0.0294 e. The standard InChI is InChI=1S/C13H19N/c1-10-2-7-12(8-3-10)13(14)9-6-11-4-5-11/h2-3,7-8,11,13H,4-6,9,14H2,1H3. The van der Waals surface area contributed by atoms with Gasteiger partial charge in [-0.05, 0) is 31.2 Å². The topological polar surface area (TPSA) is 26.0 Å². The molecule has 1 saturated carbocycles. The van der Waals surface area contributed by atoms with Crippen molar-refractivity contribution in [3.8, 4) is 0 Å². The summed E-state index contributed by atoms with van der Waals surface area (Å²) in [5.41, 5.74) is 8.72. The summed E-state index contributed by atoms with van der Waals surface area (Å²) in [4.78, 5) is 0. The molecule has 1 aliphatic carbocycles. The summed E-state index contributed by atoms with van der Waals surface area (Å²) < 4.78 is 0. The Hall–Kier alpha value is -0.820. The number of nitrogens with two attached hydrogens (primary N) is 1. The van der Waals surface area contributed by atoms with Crippen LogP contribution in [0.5, 0.6) is 0 Å². The van der Waals surface area contributed by atoms with E-state index in [-0.39, 0.29) is 6.04 Å². The summed E-state index contributed by atoms with van der Waals surface area (Å²) in [5.74, 6) is 0.992. The highest BCUT2D eigenvalue weighted by Crippen LogP contribution is 2.35. The fourth-order valence-electron chi connectivity index (χ4n) is 1.80. The minimum Gasteiger partial charge on any atom is -0.324 e. The van der Waals surface area contributed by atoms with Crippen molar-refractivity contribution in [3.63, 3.8) is 0 Å². The molecule has 14 heavy (non-hydrogen) atoms. The lowest BCUT2D eigenvalue weighted by molar-refractivity contribution is 0.575. The lowest BCUT2D eigenvalue weighted by Crippen LogP contribution is -2.10. The van der Waals surface area contributed by atoms with Crippen LogP contribution in [0.15, 0.2) is 24.3 Å². The van der Waals surface area contributed by atoms with Crippen LogP contribution in [-0.4, -0.2) is 0 Å². The highest BCUT2D eigenvalue weighted by Gasteiger charge is 2.21. The lowest BCUT2D eigenvalue weighted by Gasteiger charge is -2.11. The molecule has 0 aliphatic heterocycles. The quantitative estimate of drug-likeness (QED) is 0.773. The first kappa shape index (κ1) is 9.72. The second-order valence-electron chi connectivity index (χ2n) is 4.54. The van der Waals surface area contributed by atoms with Crippen LogP contribution < -0.4 is 5.73 Å². The summed E-state index contributed by atoms with van der Waals surface area (Å²) in [6, 6.07) is 8.86. The average Bonchev–Trinajstić information content (AvgIpc) is 2.99. The van der Waals surface area contributed by atoms with E-state index in [4.69, 9.17) is 5.73 Å². The maximum absolute atomic E-state index is 6.12. The van der Waals surface area contributed by atoms with E-state index in [1.54, 1.807) is 0 Å². The zero-order valence-electron chi connectivity index (χ0n) is 8.87. The minimum atomic E-state index is 0.246. The SMILES string of the molecule is Cc1ccc(C(N)CCC2CC2)cc1. The van der Waals surface area contributed by atoms with Crippen LogP contribution in [0.4, 0.5) is 0 Å². The first-order valence-electron chi connectivity index (χ1n) is 5.58. The first-order chi connectivity index (χ1) is 6.75. The van der Waals surface area contributed by atoms with E-state index in [2.05, 4.69) is 31.2 Å². The van der Waals surface area contributed by atoms with Gasteiger partial charge in [-0.25, -0.2) is 0 Å². The van der Waals surface area contributed by atoms with Crippen molar-refractivity contribution < 1.29 is 0 Å². The fourth-order valence-corrected chi connectivity index (χ4v) is 1.80. The van der Waals surface area contributed by atoms with Crippen LogP contribution >= 0.6 is 0 Å². The van der Waals surface area contributed by atoms with E-state index in [9.17, 15) is 0 Å². The molecule has 1 nitrogen and oxygen atoms in total. The summed E-state index contributed by atoms with van der Waals surface area (Å²) >= 11 is 0. The Balaban J connectivity index is 1.88. The molecule has 0 amide bonds. The number of rotatable bonds is 4. The van der Waals surface area contributed by atoms with Gasteiger partial charge in [0.15, 0.2) is 0 Å². The molecule has 0 bridgehead atoms. The van der Waals surface area contributed by atoms with Crippen LogP contribution in [0.25, 0.3) is 0 Å². The van der Waals surface area contributed by atoms with Crippen LogP contribution in [0.2, 0.25) is 0 Å². The van der Waals surface area contributed by atoms with E-state index in [0.717, 1.165) is 12.3 Å². The third-order valence-electron chi connectivity index (χ3n) is 3.09. The fraction of sp³-hybridized carbons (Fsp3) is 0.538.